The van der Waals surface area contributed by atoms with Crippen LogP contribution in [0.15, 0.2) is 60.1 Å². The summed E-state index contributed by atoms with van der Waals surface area (Å²) in [4.78, 5) is 48.6. The van der Waals surface area contributed by atoms with Gasteiger partial charge in [-0.05, 0) is 148 Å². The molecule has 7 heterocycles. The summed E-state index contributed by atoms with van der Waals surface area (Å²) in [7, 11) is 0. The van der Waals surface area contributed by atoms with Crippen LogP contribution in [-0.4, -0.2) is 111 Å². The molecule has 2 aromatic carbocycles. The minimum absolute atomic E-state index is 0.0143. The highest BCUT2D eigenvalue weighted by Gasteiger charge is 2.77. The van der Waals surface area contributed by atoms with Gasteiger partial charge in [0.2, 0.25) is 5.78 Å². The number of pyridine rings is 1. The average molecular weight is 1070 g/mol. The minimum atomic E-state index is -2.49. The van der Waals surface area contributed by atoms with E-state index in [2.05, 4.69) is 39.3 Å². The normalized spacial score (nSPS) is 40.1. The molecule has 0 amide bonds. The van der Waals surface area contributed by atoms with Crippen LogP contribution in [0.1, 0.15) is 174 Å². The number of ketones is 2. The van der Waals surface area contributed by atoms with Crippen LogP contribution >= 0.6 is 0 Å². The highest BCUT2D eigenvalue weighted by Crippen LogP contribution is 2.76. The number of imidazole rings is 1. The van der Waals surface area contributed by atoms with E-state index in [1.165, 1.54) is 6.07 Å². The Balaban J connectivity index is 0.995. The number of hydrogen-bond donors (Lipinski definition) is 9. The van der Waals surface area contributed by atoms with E-state index in [-0.39, 0.29) is 57.5 Å². The standard InChI is InChI=1S/C65H63N5O10/c1-30-22-36-43(40(71)23-30)51(74)46-41-24-35-33(44(46)50(36)73)12-21-66-57(35)67-27-42(72)62-18-10-31-6-4-15-61-16-5-7-32-8-9-39-54(69-29-68-39)64(32,61)53-34(11-17-61)45(47(31)62)49(70-53)37-25-63(79-41)55(76)52(75)56(77)65(80-63)48(37)38(62)26-60(58(65)78)20-19-59(28-60)13-2-3-14-59/h11-12,17,21-25,29,31-32,42,47,52,55-56,58,70-72,75-78H,2-3,5,7-10,13-16,18-20,26-28H2,1H3,(H,66,67)(H,68,69). The highest BCUT2D eigenvalue weighted by atomic mass is 16.7. The summed E-state index contributed by atoms with van der Waals surface area (Å²) in [5.74, 6) is 3.29. The molecule has 5 aromatic rings. The number of aryl methyl sites for hydroxylation is 2. The van der Waals surface area contributed by atoms with Crippen molar-refractivity contribution in [1.29, 1.82) is 0 Å². The zero-order valence-corrected chi connectivity index (χ0v) is 44.5. The van der Waals surface area contributed by atoms with Crippen molar-refractivity contribution >= 4 is 39.8 Å². The Morgan fingerprint density at radius 1 is 0.875 bits per heavy atom. The second-order valence-electron chi connectivity index (χ2n) is 27.0. The van der Waals surface area contributed by atoms with E-state index in [0.29, 0.717) is 77.5 Å². The number of fused-ring (bicyclic) bond motifs is 7. The fourth-order valence-corrected chi connectivity index (χ4v) is 20.9. The number of benzene rings is 2. The third kappa shape index (κ3) is 5.14. The topological polar surface area (TPSA) is 243 Å². The summed E-state index contributed by atoms with van der Waals surface area (Å²) in [5, 5.41) is 83.9. The maximum absolute atomic E-state index is 15.4. The Bertz CT molecular complexity index is 3930. The van der Waals surface area contributed by atoms with Crippen molar-refractivity contribution in [2.75, 3.05) is 11.9 Å². The second kappa shape index (κ2) is 15.0. The molecule has 3 aromatic heterocycles. The second-order valence-corrected chi connectivity index (χ2v) is 27.0. The number of ether oxygens (including phenoxy) is 2. The first-order valence-electron chi connectivity index (χ1n) is 29.5. The van der Waals surface area contributed by atoms with Crippen LogP contribution in [0.5, 0.6) is 11.5 Å². The lowest BCUT2D eigenvalue weighted by molar-refractivity contribution is -0.366. The molecule has 5 fully saturated rings. The molecule has 4 aliphatic heterocycles. The number of aromatic nitrogens is 4. The highest BCUT2D eigenvalue weighted by molar-refractivity contribution is 6.34. The summed E-state index contributed by atoms with van der Waals surface area (Å²) < 4.78 is 15.0. The Hall–Kier alpha value is -6.38. The van der Waals surface area contributed by atoms with Gasteiger partial charge in [-0.3, -0.25) is 9.59 Å². The number of aliphatic hydroxyl groups is 5. The molecular weight excluding hydrogens is 1010 g/mol. The van der Waals surface area contributed by atoms with Gasteiger partial charge in [0.05, 0.1) is 46.5 Å². The molecule has 0 radical (unpaired) electrons. The molecular formula is C65H63N5O10. The van der Waals surface area contributed by atoms with Crippen LogP contribution in [0.25, 0.3) is 22.4 Å². The predicted octanol–water partition coefficient (Wildman–Crippen LogP) is 7.62. The Kier molecular flexibility index (Phi) is 8.86. The van der Waals surface area contributed by atoms with E-state index in [1.807, 2.05) is 6.33 Å². The number of aromatic hydroxyl groups is 1. The number of aliphatic hydroxyl groups excluding tert-OH is 5. The van der Waals surface area contributed by atoms with Gasteiger partial charge in [-0.15, -0.1) is 5.92 Å². The van der Waals surface area contributed by atoms with Crippen molar-refractivity contribution in [3.05, 3.63) is 122 Å². The van der Waals surface area contributed by atoms with Crippen LogP contribution < -0.4 is 10.1 Å². The quantitative estimate of drug-likeness (QED) is 0.0666. The van der Waals surface area contributed by atoms with Gasteiger partial charge < -0.3 is 55.4 Å². The number of nitrogens with zero attached hydrogens (tertiary/aromatic N) is 2. The molecule has 9 N–H and O–H groups in total. The molecule has 1 saturated heterocycles. The van der Waals surface area contributed by atoms with Gasteiger partial charge in [-0.25, -0.2) is 9.97 Å². The van der Waals surface area contributed by atoms with Crippen molar-refractivity contribution in [1.82, 2.24) is 19.9 Å². The molecule has 15 nitrogen and oxygen atoms in total. The van der Waals surface area contributed by atoms with Gasteiger partial charge in [0, 0.05) is 86.3 Å². The summed E-state index contributed by atoms with van der Waals surface area (Å²) in [5.41, 5.74) is 2.37. The number of nitrogens with one attached hydrogen (secondary N) is 3. The predicted molar refractivity (Wildman–Crippen MR) is 292 cm³/mol. The largest absolute Gasteiger partial charge is 0.507 e. The van der Waals surface area contributed by atoms with Crippen LogP contribution in [0.3, 0.4) is 0 Å². The number of phenols is 1. The summed E-state index contributed by atoms with van der Waals surface area (Å²) in [6.07, 6.45) is 14.3. The number of H-pyrrole nitrogens is 2. The molecule has 15 heteroatoms. The van der Waals surface area contributed by atoms with Gasteiger partial charge in [-0.1, -0.05) is 42.9 Å². The van der Waals surface area contributed by atoms with E-state index in [1.54, 1.807) is 37.4 Å². The zero-order chi connectivity index (χ0) is 54.0. The Morgan fingerprint density at radius 3 is 2.60 bits per heavy atom. The molecule has 14 atom stereocenters. The molecule has 20 rings (SSSR count). The maximum Gasteiger partial charge on any atom is 0.261 e. The fraction of sp³-hybridized carbons (Fsp3) is 0.508. The lowest BCUT2D eigenvalue weighted by Gasteiger charge is -2.64. The molecule has 408 valence electrons. The number of carbonyl (C=O) groups excluding carboxylic acids is 2. The van der Waals surface area contributed by atoms with E-state index in [9.17, 15) is 30.6 Å². The van der Waals surface area contributed by atoms with Crippen molar-refractivity contribution in [2.24, 2.45) is 33.5 Å². The molecule has 7 spiro atoms. The molecule has 11 aliphatic carbocycles. The van der Waals surface area contributed by atoms with Crippen molar-refractivity contribution in [2.45, 2.75) is 163 Å². The Morgan fingerprint density at radius 2 is 1.74 bits per heavy atom. The monoisotopic (exact) mass is 1070 g/mol. The number of phenolic OH excluding ortho intramolecular Hbond substituents is 1. The van der Waals surface area contributed by atoms with Crippen molar-refractivity contribution in [3.63, 3.8) is 0 Å². The van der Waals surface area contributed by atoms with Gasteiger partial charge in [0.25, 0.3) is 5.79 Å². The molecule has 12 bridgehead atoms. The van der Waals surface area contributed by atoms with E-state index >= 15 is 9.59 Å². The van der Waals surface area contributed by atoms with Crippen molar-refractivity contribution in [3.8, 4) is 23.3 Å². The first kappa shape index (κ1) is 47.3. The fourth-order valence-electron chi connectivity index (χ4n) is 20.9. The van der Waals surface area contributed by atoms with Crippen LogP contribution in [0.4, 0.5) is 5.82 Å². The van der Waals surface area contributed by atoms with Crippen LogP contribution in [0.2, 0.25) is 0 Å². The maximum atomic E-state index is 15.4. The van der Waals surface area contributed by atoms with Crippen LogP contribution in [-0.2, 0) is 16.6 Å². The minimum Gasteiger partial charge on any atom is -0.507 e. The third-order valence-corrected chi connectivity index (χ3v) is 23.8. The first-order chi connectivity index (χ1) is 38.6. The molecule has 15 aliphatic rings. The van der Waals surface area contributed by atoms with Gasteiger partial charge in [-0.2, -0.15) is 0 Å². The molecule has 80 heavy (non-hydrogen) atoms. The average Bonchev–Trinajstić information content (AvgIpc) is 3.67. The number of rotatable bonds is 0. The Labute approximate surface area is 461 Å². The summed E-state index contributed by atoms with van der Waals surface area (Å²) >= 11 is 0. The number of aromatic amines is 2. The van der Waals surface area contributed by atoms with Gasteiger partial charge in [0.15, 0.2) is 17.5 Å². The first-order valence-corrected chi connectivity index (χ1v) is 29.5. The van der Waals surface area contributed by atoms with Crippen LogP contribution in [0, 0.1) is 52.3 Å². The van der Waals surface area contributed by atoms with E-state index in [0.717, 1.165) is 98.0 Å². The SMILES string of the molecule is Cc1cc(O)c2c(c1)C(=O)c1c(c3cc4c(nccc14)NCC(O)C14CCC5C#CCC67C=Cc8c([nH]c(c8C51)C1=CC5(O3)OC3(C1=C4CC1(CCC4(CCCC4)C1)C3O)C(O)C(O)C5O)C61c3nc[nH]c3CCC1CCC7)C2=O. The number of allylic oxidation sites excluding steroid dienone is 1. The summed E-state index contributed by atoms with van der Waals surface area (Å²) in [6.45, 7) is 1.71. The lowest BCUT2D eigenvalue weighted by Crippen LogP contribution is -2.79. The zero-order valence-electron chi connectivity index (χ0n) is 44.5. The van der Waals surface area contributed by atoms with E-state index in [4.69, 9.17) is 19.4 Å². The van der Waals surface area contributed by atoms with E-state index < -0.39 is 81.1 Å². The van der Waals surface area contributed by atoms with Gasteiger partial charge in [0.1, 0.15) is 29.5 Å². The molecule has 14 unspecified atom stereocenters. The summed E-state index contributed by atoms with van der Waals surface area (Å²) in [6, 6.07) is 6.25. The van der Waals surface area contributed by atoms with Crippen molar-refractivity contribution < 1.29 is 49.7 Å². The smallest absolute Gasteiger partial charge is 0.261 e. The number of anilines is 1. The third-order valence-electron chi connectivity index (χ3n) is 23.8. The number of carbonyl (C=O) groups is 2. The number of hydrogen-bond acceptors (Lipinski definition) is 13. The molecule has 4 saturated carbocycles. The lowest BCUT2D eigenvalue weighted by atomic mass is 9.43. The van der Waals surface area contributed by atoms with Gasteiger partial charge >= 0.3 is 0 Å².